The smallest absolute Gasteiger partial charge is 0.354 e. The van der Waals surface area contributed by atoms with Crippen molar-refractivity contribution in [1.29, 1.82) is 0 Å². The van der Waals surface area contributed by atoms with Gasteiger partial charge in [-0.25, -0.2) is 9.97 Å². The molecule has 1 aliphatic rings. The van der Waals surface area contributed by atoms with E-state index in [4.69, 9.17) is 4.98 Å². The predicted octanol–water partition coefficient (Wildman–Crippen LogP) is 6.64. The molecule has 40 heavy (non-hydrogen) atoms. The van der Waals surface area contributed by atoms with Crippen molar-refractivity contribution in [1.82, 2.24) is 14.9 Å². The Labute approximate surface area is 228 Å². The summed E-state index contributed by atoms with van der Waals surface area (Å²) in [5.41, 5.74) is 0.443. The Balaban J connectivity index is 1.61. The van der Waals surface area contributed by atoms with Crippen LogP contribution in [0, 0.1) is 13.8 Å². The molecule has 1 amide bonds. The average molecular weight is 565 g/mol. The van der Waals surface area contributed by atoms with Gasteiger partial charge in [0, 0.05) is 49.4 Å². The van der Waals surface area contributed by atoms with E-state index in [-0.39, 0.29) is 19.2 Å². The highest BCUT2D eigenvalue weighted by Crippen LogP contribution is 2.36. The number of amides is 1. The van der Waals surface area contributed by atoms with Gasteiger partial charge >= 0.3 is 12.4 Å². The van der Waals surface area contributed by atoms with E-state index in [1.165, 1.54) is 4.90 Å². The van der Waals surface area contributed by atoms with Crippen molar-refractivity contribution in [2.24, 2.45) is 0 Å². The lowest BCUT2D eigenvalue weighted by atomic mass is 10.0. The fourth-order valence-electron chi connectivity index (χ4n) is 4.88. The van der Waals surface area contributed by atoms with Gasteiger partial charge in [0.2, 0.25) is 0 Å². The zero-order chi connectivity index (χ0) is 29.2. The zero-order valence-electron chi connectivity index (χ0n) is 22.5. The molecule has 214 valence electrons. The number of aryl methyl sites for hydroxylation is 3. The second kappa shape index (κ2) is 11.5. The van der Waals surface area contributed by atoms with Crippen molar-refractivity contribution >= 4 is 11.7 Å². The molecule has 1 aromatic heterocycles. The minimum Gasteiger partial charge on any atom is -0.354 e. The highest BCUT2D eigenvalue weighted by atomic mass is 19.4. The Kier molecular flexibility index (Phi) is 8.41. The number of anilines is 1. The van der Waals surface area contributed by atoms with E-state index < -0.39 is 35.0 Å². The molecule has 1 aliphatic heterocycles. The van der Waals surface area contributed by atoms with Crippen molar-refractivity contribution in [3.05, 3.63) is 87.4 Å². The lowest BCUT2D eigenvalue weighted by Crippen LogP contribution is -2.36. The van der Waals surface area contributed by atoms with Gasteiger partial charge in [-0.2, -0.15) is 26.3 Å². The monoisotopic (exact) mass is 564 g/mol. The first-order valence-corrected chi connectivity index (χ1v) is 13.0. The standard InChI is InChI=1S/C29H30F6N4O/c1-4-25-24(14-20-8-6-18(2)7-9-20)26(37-19(3)36-25)38-10-5-11-39(13-12-38)27(40)21-15-22(28(30,31)32)17-23(16-21)29(33,34)35/h6-9,15-17H,4-5,10-14H2,1-3H3. The van der Waals surface area contributed by atoms with Gasteiger partial charge in [0.15, 0.2) is 0 Å². The van der Waals surface area contributed by atoms with Gasteiger partial charge in [-0.05, 0) is 50.5 Å². The van der Waals surface area contributed by atoms with Gasteiger partial charge in [0.25, 0.3) is 5.91 Å². The van der Waals surface area contributed by atoms with Crippen LogP contribution in [0.1, 0.15) is 63.0 Å². The van der Waals surface area contributed by atoms with E-state index in [1.807, 2.05) is 43.0 Å². The van der Waals surface area contributed by atoms with Crippen LogP contribution in [0.25, 0.3) is 0 Å². The molecule has 0 atom stereocenters. The van der Waals surface area contributed by atoms with Gasteiger partial charge in [0.1, 0.15) is 11.6 Å². The fraction of sp³-hybridized carbons (Fsp3) is 0.414. The Morgan fingerprint density at radius 3 is 2.05 bits per heavy atom. The van der Waals surface area contributed by atoms with E-state index in [0.29, 0.717) is 50.3 Å². The molecule has 2 heterocycles. The summed E-state index contributed by atoms with van der Waals surface area (Å²) in [5, 5.41) is 0. The number of hydrogen-bond donors (Lipinski definition) is 0. The molecule has 0 bridgehead atoms. The van der Waals surface area contributed by atoms with Crippen LogP contribution < -0.4 is 4.90 Å². The number of rotatable bonds is 5. The van der Waals surface area contributed by atoms with Crippen molar-refractivity contribution in [2.45, 2.75) is 52.4 Å². The number of halogens is 6. The summed E-state index contributed by atoms with van der Waals surface area (Å²) in [7, 11) is 0. The molecule has 11 heteroatoms. The van der Waals surface area contributed by atoms with Crippen LogP contribution in [-0.4, -0.2) is 47.0 Å². The number of nitrogens with zero attached hydrogens (tertiary/aromatic N) is 4. The highest BCUT2D eigenvalue weighted by molar-refractivity contribution is 5.94. The van der Waals surface area contributed by atoms with Gasteiger partial charge < -0.3 is 9.80 Å². The lowest BCUT2D eigenvalue weighted by Gasteiger charge is -2.26. The van der Waals surface area contributed by atoms with Crippen LogP contribution in [0.15, 0.2) is 42.5 Å². The lowest BCUT2D eigenvalue weighted by molar-refractivity contribution is -0.143. The SMILES string of the molecule is CCc1nc(C)nc(N2CCCN(C(=O)c3cc(C(F)(F)F)cc(C(F)(F)F)c3)CC2)c1Cc1ccc(C)cc1. The first-order chi connectivity index (χ1) is 18.8. The summed E-state index contributed by atoms with van der Waals surface area (Å²) in [6.45, 7) is 6.96. The number of alkyl halides is 6. The van der Waals surface area contributed by atoms with E-state index in [9.17, 15) is 31.1 Å². The Morgan fingerprint density at radius 2 is 1.48 bits per heavy atom. The molecular weight excluding hydrogens is 534 g/mol. The average Bonchev–Trinajstić information content (AvgIpc) is 3.15. The van der Waals surface area contributed by atoms with Crippen LogP contribution >= 0.6 is 0 Å². The summed E-state index contributed by atoms with van der Waals surface area (Å²) < 4.78 is 80.1. The van der Waals surface area contributed by atoms with E-state index in [2.05, 4.69) is 4.98 Å². The van der Waals surface area contributed by atoms with E-state index >= 15 is 0 Å². The van der Waals surface area contributed by atoms with Crippen LogP contribution in [0.3, 0.4) is 0 Å². The normalized spacial score (nSPS) is 14.8. The number of aromatic nitrogens is 2. The topological polar surface area (TPSA) is 49.3 Å². The van der Waals surface area contributed by atoms with Crippen LogP contribution in [0.5, 0.6) is 0 Å². The van der Waals surface area contributed by atoms with E-state index in [0.717, 1.165) is 28.2 Å². The molecule has 5 nitrogen and oxygen atoms in total. The summed E-state index contributed by atoms with van der Waals surface area (Å²) in [6, 6.07) is 9.16. The van der Waals surface area contributed by atoms with Crippen molar-refractivity contribution < 1.29 is 31.1 Å². The molecule has 0 N–H and O–H groups in total. The Morgan fingerprint density at radius 1 is 0.850 bits per heavy atom. The van der Waals surface area contributed by atoms with Gasteiger partial charge in [-0.1, -0.05) is 36.8 Å². The molecule has 0 spiro atoms. The molecule has 2 aromatic carbocycles. The maximum atomic E-state index is 13.3. The summed E-state index contributed by atoms with van der Waals surface area (Å²) in [4.78, 5) is 25.9. The predicted molar refractivity (Wildman–Crippen MR) is 139 cm³/mol. The highest BCUT2D eigenvalue weighted by Gasteiger charge is 2.38. The third-order valence-corrected chi connectivity index (χ3v) is 6.94. The zero-order valence-corrected chi connectivity index (χ0v) is 22.5. The second-order valence-electron chi connectivity index (χ2n) is 9.96. The van der Waals surface area contributed by atoms with Gasteiger partial charge in [-0.3, -0.25) is 4.79 Å². The molecule has 0 aliphatic carbocycles. The Hall–Kier alpha value is -3.63. The quantitative estimate of drug-likeness (QED) is 0.326. The van der Waals surface area contributed by atoms with Crippen LogP contribution in [-0.2, 0) is 25.2 Å². The van der Waals surface area contributed by atoms with Crippen molar-refractivity contribution in [2.75, 3.05) is 31.1 Å². The summed E-state index contributed by atoms with van der Waals surface area (Å²) >= 11 is 0. The maximum Gasteiger partial charge on any atom is 0.416 e. The van der Waals surface area contributed by atoms with Crippen molar-refractivity contribution in [3.63, 3.8) is 0 Å². The molecule has 0 radical (unpaired) electrons. The molecule has 0 saturated carbocycles. The van der Waals surface area contributed by atoms with Gasteiger partial charge in [-0.15, -0.1) is 0 Å². The van der Waals surface area contributed by atoms with Gasteiger partial charge in [0.05, 0.1) is 11.1 Å². The largest absolute Gasteiger partial charge is 0.416 e. The number of carbonyl (C=O) groups is 1. The third-order valence-electron chi connectivity index (χ3n) is 6.94. The minimum absolute atomic E-state index is 0.0271. The second-order valence-corrected chi connectivity index (χ2v) is 9.96. The maximum absolute atomic E-state index is 13.3. The molecular formula is C29H30F6N4O. The molecule has 1 fully saturated rings. The Bertz CT molecular complexity index is 1340. The van der Waals surface area contributed by atoms with Crippen LogP contribution in [0.2, 0.25) is 0 Å². The third kappa shape index (κ3) is 6.74. The fourth-order valence-corrected chi connectivity index (χ4v) is 4.88. The summed E-state index contributed by atoms with van der Waals surface area (Å²) in [6.07, 6.45) is -8.30. The first-order valence-electron chi connectivity index (χ1n) is 13.0. The van der Waals surface area contributed by atoms with Crippen LogP contribution in [0.4, 0.5) is 32.2 Å². The number of carbonyl (C=O) groups excluding carboxylic acids is 1. The van der Waals surface area contributed by atoms with E-state index in [1.54, 1.807) is 6.92 Å². The number of benzene rings is 2. The van der Waals surface area contributed by atoms with Crippen molar-refractivity contribution in [3.8, 4) is 0 Å². The molecule has 1 saturated heterocycles. The minimum atomic E-state index is -5.03. The first kappa shape index (κ1) is 29.4. The molecule has 4 rings (SSSR count). The molecule has 3 aromatic rings. The summed E-state index contributed by atoms with van der Waals surface area (Å²) in [5.74, 6) is 0.462. The molecule has 0 unspecified atom stereocenters. The number of hydrogen-bond acceptors (Lipinski definition) is 4.